The molecule has 1 amide bonds. The molecule has 10 heteroatoms. The number of anilines is 1. The lowest BCUT2D eigenvalue weighted by molar-refractivity contribution is -0.139. The van der Waals surface area contributed by atoms with E-state index in [9.17, 15) is 22.4 Å². The molecule has 0 aliphatic rings. The van der Waals surface area contributed by atoms with E-state index in [2.05, 4.69) is 20.3 Å². The van der Waals surface area contributed by atoms with Gasteiger partial charge in [-0.25, -0.2) is 14.4 Å². The first-order valence-electron chi connectivity index (χ1n) is 7.90. The van der Waals surface area contributed by atoms with Gasteiger partial charge in [-0.3, -0.25) is 10.1 Å². The molecule has 0 aliphatic carbocycles. The van der Waals surface area contributed by atoms with Gasteiger partial charge in [-0.15, -0.1) is 11.3 Å². The van der Waals surface area contributed by atoms with Gasteiger partial charge in [0, 0.05) is 11.6 Å². The molecule has 4 rings (SSSR count). The van der Waals surface area contributed by atoms with Crippen molar-refractivity contribution >= 4 is 33.4 Å². The summed E-state index contributed by atoms with van der Waals surface area (Å²) < 4.78 is 53.3. The topological polar surface area (TPSA) is 70.7 Å². The number of halogens is 4. The zero-order chi connectivity index (χ0) is 19.9. The normalized spacial score (nSPS) is 11.7. The first-order valence-corrected chi connectivity index (χ1v) is 8.78. The van der Waals surface area contributed by atoms with E-state index in [0.29, 0.717) is 16.7 Å². The van der Waals surface area contributed by atoms with Gasteiger partial charge >= 0.3 is 6.18 Å². The van der Waals surface area contributed by atoms with Crippen molar-refractivity contribution in [2.75, 3.05) is 5.32 Å². The number of nitrogens with one attached hydrogen (secondary N) is 2. The lowest BCUT2D eigenvalue weighted by atomic mass is 10.1. The maximum Gasteiger partial charge on any atom is 0.419 e. The number of rotatable bonds is 3. The summed E-state index contributed by atoms with van der Waals surface area (Å²) in [6.07, 6.45) is -3.30. The van der Waals surface area contributed by atoms with E-state index in [-0.39, 0.29) is 22.5 Å². The van der Waals surface area contributed by atoms with E-state index in [1.165, 1.54) is 29.7 Å². The molecule has 2 aromatic heterocycles. The monoisotopic (exact) mass is 406 g/mol. The third-order valence-electron chi connectivity index (χ3n) is 3.97. The molecule has 0 bridgehead atoms. The van der Waals surface area contributed by atoms with Gasteiger partial charge in [0.05, 0.1) is 22.2 Å². The van der Waals surface area contributed by atoms with Crippen molar-refractivity contribution in [3.05, 3.63) is 64.9 Å². The van der Waals surface area contributed by atoms with Gasteiger partial charge in [-0.05, 0) is 24.3 Å². The van der Waals surface area contributed by atoms with Crippen molar-refractivity contribution in [1.82, 2.24) is 15.0 Å². The maximum atomic E-state index is 14.4. The van der Waals surface area contributed by atoms with Crippen LogP contribution in [-0.4, -0.2) is 20.9 Å². The SMILES string of the molecule is O=C(Nc1nccs1)c1cccc2[nH]c(-c3cccc(C(F)(F)F)c3F)nc12. The molecule has 0 fully saturated rings. The van der Waals surface area contributed by atoms with Crippen LogP contribution in [0.3, 0.4) is 0 Å². The molecule has 2 heterocycles. The number of fused-ring (bicyclic) bond motifs is 1. The number of carbonyl (C=O) groups excluding carboxylic acids is 1. The Hall–Kier alpha value is -3.27. The van der Waals surface area contributed by atoms with Crippen LogP contribution in [-0.2, 0) is 6.18 Å². The Labute approximate surface area is 159 Å². The summed E-state index contributed by atoms with van der Waals surface area (Å²) in [7, 11) is 0. The second-order valence-electron chi connectivity index (χ2n) is 5.74. The molecule has 5 nitrogen and oxygen atoms in total. The highest BCUT2D eigenvalue weighted by molar-refractivity contribution is 7.13. The van der Waals surface area contributed by atoms with Crippen LogP contribution in [0.15, 0.2) is 48.0 Å². The highest BCUT2D eigenvalue weighted by Crippen LogP contribution is 2.35. The molecule has 142 valence electrons. The smallest absolute Gasteiger partial charge is 0.338 e. The molecule has 4 aromatic rings. The lowest BCUT2D eigenvalue weighted by Gasteiger charge is -2.09. The summed E-state index contributed by atoms with van der Waals surface area (Å²) in [5.41, 5.74) is -0.936. The number of H-pyrrole nitrogens is 1. The van der Waals surface area contributed by atoms with Gasteiger partial charge < -0.3 is 4.98 Å². The van der Waals surface area contributed by atoms with Crippen LogP contribution in [0.4, 0.5) is 22.7 Å². The predicted molar refractivity (Wildman–Crippen MR) is 96.6 cm³/mol. The largest absolute Gasteiger partial charge is 0.419 e. The number of carbonyl (C=O) groups is 1. The minimum absolute atomic E-state index is 0.104. The number of amides is 1. The van der Waals surface area contributed by atoms with Crippen LogP contribution < -0.4 is 5.32 Å². The van der Waals surface area contributed by atoms with E-state index < -0.39 is 23.5 Å². The van der Waals surface area contributed by atoms with E-state index in [4.69, 9.17) is 0 Å². The summed E-state index contributed by atoms with van der Waals surface area (Å²) in [4.78, 5) is 23.4. The minimum atomic E-state index is -4.83. The summed E-state index contributed by atoms with van der Waals surface area (Å²) in [5, 5.41) is 4.70. The number of thiazole rings is 1. The highest BCUT2D eigenvalue weighted by Gasteiger charge is 2.35. The number of aromatic amines is 1. The van der Waals surface area contributed by atoms with E-state index in [1.54, 1.807) is 17.5 Å². The lowest BCUT2D eigenvalue weighted by Crippen LogP contribution is -2.12. The zero-order valence-corrected chi connectivity index (χ0v) is 14.7. The Balaban J connectivity index is 1.78. The molecule has 0 atom stereocenters. The predicted octanol–water partition coefficient (Wildman–Crippen LogP) is 5.10. The quantitative estimate of drug-likeness (QED) is 0.465. The molecule has 0 saturated heterocycles. The van der Waals surface area contributed by atoms with Gasteiger partial charge in [0.2, 0.25) is 0 Å². The van der Waals surface area contributed by atoms with Crippen molar-refractivity contribution in [2.45, 2.75) is 6.18 Å². The second-order valence-corrected chi connectivity index (χ2v) is 6.64. The van der Waals surface area contributed by atoms with Gasteiger partial charge in [-0.1, -0.05) is 12.1 Å². The number of para-hydroxylation sites is 1. The number of aromatic nitrogens is 3. The highest BCUT2D eigenvalue weighted by atomic mass is 32.1. The zero-order valence-electron chi connectivity index (χ0n) is 13.8. The molecule has 0 saturated carbocycles. The third kappa shape index (κ3) is 3.22. The number of hydrogen-bond acceptors (Lipinski definition) is 4. The van der Waals surface area contributed by atoms with Crippen molar-refractivity contribution < 1.29 is 22.4 Å². The Kier molecular flexibility index (Phi) is 4.34. The minimum Gasteiger partial charge on any atom is -0.338 e. The molecule has 0 aliphatic heterocycles. The molecular weight excluding hydrogens is 396 g/mol. The van der Waals surface area contributed by atoms with Crippen molar-refractivity contribution in [3.8, 4) is 11.4 Å². The molecular formula is C18H10F4N4OS. The van der Waals surface area contributed by atoms with Crippen LogP contribution in [0.2, 0.25) is 0 Å². The van der Waals surface area contributed by atoms with Gasteiger partial charge in [-0.2, -0.15) is 13.2 Å². The summed E-state index contributed by atoms with van der Waals surface area (Å²) in [6, 6.07) is 7.65. The van der Waals surface area contributed by atoms with Crippen LogP contribution in [0.25, 0.3) is 22.4 Å². The Morgan fingerprint density at radius 3 is 2.64 bits per heavy atom. The van der Waals surface area contributed by atoms with Crippen LogP contribution in [0.5, 0.6) is 0 Å². The van der Waals surface area contributed by atoms with Gasteiger partial charge in [0.1, 0.15) is 17.2 Å². The van der Waals surface area contributed by atoms with E-state index in [1.807, 2.05) is 0 Å². The van der Waals surface area contributed by atoms with E-state index >= 15 is 0 Å². The summed E-state index contributed by atoms with van der Waals surface area (Å²) >= 11 is 1.23. The second kappa shape index (κ2) is 6.71. The number of imidazole rings is 1. The van der Waals surface area contributed by atoms with E-state index in [0.717, 1.165) is 6.07 Å². The van der Waals surface area contributed by atoms with Crippen LogP contribution in [0.1, 0.15) is 15.9 Å². The maximum absolute atomic E-state index is 14.4. The average molecular weight is 406 g/mol. The summed E-state index contributed by atoms with van der Waals surface area (Å²) in [5.74, 6) is -2.01. The standard InChI is InChI=1S/C18H10F4N4OS/c19-13-9(3-1-5-11(13)18(20,21)22)15-24-12-6-2-4-10(14(12)25-15)16(27)26-17-23-7-8-28-17/h1-8H,(H,24,25)(H,23,26,27). The molecule has 28 heavy (non-hydrogen) atoms. The number of nitrogens with zero attached hydrogens (tertiary/aromatic N) is 2. The Morgan fingerprint density at radius 2 is 1.93 bits per heavy atom. The summed E-state index contributed by atoms with van der Waals surface area (Å²) in [6.45, 7) is 0. The van der Waals surface area contributed by atoms with Gasteiger partial charge in [0.25, 0.3) is 5.91 Å². The molecule has 0 unspecified atom stereocenters. The van der Waals surface area contributed by atoms with Crippen molar-refractivity contribution in [1.29, 1.82) is 0 Å². The van der Waals surface area contributed by atoms with Crippen molar-refractivity contribution in [2.24, 2.45) is 0 Å². The number of hydrogen-bond donors (Lipinski definition) is 2. The first-order chi connectivity index (χ1) is 13.3. The number of alkyl halides is 3. The first kappa shape index (κ1) is 18.1. The Bertz CT molecular complexity index is 1170. The third-order valence-corrected chi connectivity index (χ3v) is 4.66. The fourth-order valence-corrected chi connectivity index (χ4v) is 3.25. The molecule has 2 N–H and O–H groups in total. The number of benzene rings is 2. The van der Waals surface area contributed by atoms with Crippen LogP contribution in [0, 0.1) is 5.82 Å². The molecule has 0 spiro atoms. The fraction of sp³-hybridized carbons (Fsp3) is 0.0556. The molecule has 0 radical (unpaired) electrons. The van der Waals surface area contributed by atoms with Crippen molar-refractivity contribution in [3.63, 3.8) is 0 Å². The molecule has 2 aromatic carbocycles. The fourth-order valence-electron chi connectivity index (χ4n) is 2.73. The Morgan fingerprint density at radius 1 is 1.14 bits per heavy atom. The average Bonchev–Trinajstić information content (AvgIpc) is 3.29. The van der Waals surface area contributed by atoms with Gasteiger partial charge in [0.15, 0.2) is 5.13 Å². The van der Waals surface area contributed by atoms with Crippen LogP contribution >= 0.6 is 11.3 Å².